The van der Waals surface area contributed by atoms with E-state index in [1.165, 1.54) is 6.07 Å². The molecule has 22 heavy (non-hydrogen) atoms. The van der Waals surface area contributed by atoms with Gasteiger partial charge in [0.1, 0.15) is 5.69 Å². The summed E-state index contributed by atoms with van der Waals surface area (Å²) >= 11 is 0. The van der Waals surface area contributed by atoms with Gasteiger partial charge in [0.15, 0.2) is 5.82 Å². The Hall–Kier alpha value is -2.51. The molecule has 0 saturated carbocycles. The van der Waals surface area contributed by atoms with Gasteiger partial charge in [-0.05, 0) is 31.9 Å². The number of rotatable bonds is 3. The molecule has 1 atom stereocenters. The van der Waals surface area contributed by atoms with Gasteiger partial charge < -0.3 is 9.42 Å². The standard InChI is InChI=1S/C14H15FN4O3/c1-9-16-14(22-17-9)10-4-3-7-18(8-10)12-6-2-5-11(15)13(12)19(20)21/h2,5-6,10H,3-4,7-8H2,1H3/t10-/m0/s1. The maximum atomic E-state index is 13.8. The number of benzene rings is 1. The predicted molar refractivity (Wildman–Crippen MR) is 76.3 cm³/mol. The SMILES string of the molecule is Cc1noc([C@H]2CCCN(c3cccc(F)c3[N+](=O)[O-])C2)n1. The second-order valence-electron chi connectivity index (χ2n) is 5.33. The third-order valence-corrected chi connectivity index (χ3v) is 3.80. The molecule has 2 heterocycles. The highest BCUT2D eigenvalue weighted by atomic mass is 19.1. The first-order chi connectivity index (χ1) is 10.6. The van der Waals surface area contributed by atoms with Crippen molar-refractivity contribution in [3.63, 3.8) is 0 Å². The number of nitrogens with zero attached hydrogens (tertiary/aromatic N) is 4. The van der Waals surface area contributed by atoms with Crippen molar-refractivity contribution >= 4 is 11.4 Å². The third-order valence-electron chi connectivity index (χ3n) is 3.80. The summed E-state index contributed by atoms with van der Waals surface area (Å²) in [5, 5.41) is 14.9. The number of anilines is 1. The molecule has 116 valence electrons. The molecule has 1 aliphatic heterocycles. The normalized spacial score (nSPS) is 18.5. The summed E-state index contributed by atoms with van der Waals surface area (Å²) < 4.78 is 19.0. The fourth-order valence-electron chi connectivity index (χ4n) is 2.82. The minimum absolute atomic E-state index is 0.00202. The summed E-state index contributed by atoms with van der Waals surface area (Å²) in [6.07, 6.45) is 1.68. The molecule has 8 heteroatoms. The van der Waals surface area contributed by atoms with Crippen LogP contribution in [0.1, 0.15) is 30.5 Å². The van der Waals surface area contributed by atoms with Crippen LogP contribution in [0, 0.1) is 22.9 Å². The second kappa shape index (κ2) is 5.70. The van der Waals surface area contributed by atoms with Crippen molar-refractivity contribution < 1.29 is 13.8 Å². The Kier molecular flexibility index (Phi) is 3.74. The lowest BCUT2D eigenvalue weighted by atomic mass is 9.97. The lowest BCUT2D eigenvalue weighted by Gasteiger charge is -2.32. The average molecular weight is 306 g/mol. The van der Waals surface area contributed by atoms with Gasteiger partial charge in [0.25, 0.3) is 0 Å². The molecule has 1 aliphatic rings. The topological polar surface area (TPSA) is 85.3 Å². The Morgan fingerprint density at radius 2 is 2.32 bits per heavy atom. The van der Waals surface area contributed by atoms with Crippen molar-refractivity contribution in [2.45, 2.75) is 25.7 Å². The van der Waals surface area contributed by atoms with E-state index in [1.54, 1.807) is 13.0 Å². The zero-order valence-corrected chi connectivity index (χ0v) is 12.0. The number of halogens is 1. The molecule has 1 fully saturated rings. The zero-order chi connectivity index (χ0) is 15.7. The molecule has 0 spiro atoms. The first kappa shape index (κ1) is 14.4. The molecule has 1 saturated heterocycles. The van der Waals surface area contributed by atoms with Crippen LogP contribution in [0.4, 0.5) is 15.8 Å². The molecule has 1 aromatic carbocycles. The first-order valence-corrected chi connectivity index (χ1v) is 7.04. The van der Waals surface area contributed by atoms with E-state index in [-0.39, 0.29) is 5.92 Å². The van der Waals surface area contributed by atoms with Gasteiger partial charge in [-0.1, -0.05) is 11.2 Å². The Morgan fingerprint density at radius 3 is 3.00 bits per heavy atom. The molecular formula is C14H15FN4O3. The van der Waals surface area contributed by atoms with Crippen LogP contribution in [0.2, 0.25) is 0 Å². The fourth-order valence-corrected chi connectivity index (χ4v) is 2.82. The molecule has 3 rings (SSSR count). The fraction of sp³-hybridized carbons (Fsp3) is 0.429. The number of hydrogen-bond acceptors (Lipinski definition) is 6. The molecule has 0 aliphatic carbocycles. The lowest BCUT2D eigenvalue weighted by Crippen LogP contribution is -2.35. The van der Waals surface area contributed by atoms with E-state index in [1.807, 2.05) is 4.90 Å². The van der Waals surface area contributed by atoms with Gasteiger partial charge in [-0.3, -0.25) is 10.1 Å². The second-order valence-corrected chi connectivity index (χ2v) is 5.33. The van der Waals surface area contributed by atoms with Crippen molar-refractivity contribution in [1.82, 2.24) is 10.1 Å². The molecule has 0 bridgehead atoms. The number of aromatic nitrogens is 2. The van der Waals surface area contributed by atoms with E-state index in [9.17, 15) is 14.5 Å². The van der Waals surface area contributed by atoms with E-state index in [0.717, 1.165) is 18.9 Å². The van der Waals surface area contributed by atoms with E-state index in [0.29, 0.717) is 30.5 Å². The number of hydrogen-bond donors (Lipinski definition) is 0. The van der Waals surface area contributed by atoms with Crippen LogP contribution < -0.4 is 4.90 Å². The monoisotopic (exact) mass is 306 g/mol. The van der Waals surface area contributed by atoms with Crippen molar-refractivity contribution in [3.05, 3.63) is 45.8 Å². The summed E-state index contributed by atoms with van der Waals surface area (Å²) in [6.45, 7) is 2.87. The van der Waals surface area contributed by atoms with Crippen LogP contribution in [0.25, 0.3) is 0 Å². The van der Waals surface area contributed by atoms with Crippen molar-refractivity contribution in [3.8, 4) is 0 Å². The summed E-state index contributed by atoms with van der Waals surface area (Å²) in [5.41, 5.74) is -0.184. The average Bonchev–Trinajstić information content (AvgIpc) is 2.93. The van der Waals surface area contributed by atoms with Gasteiger partial charge >= 0.3 is 5.69 Å². The van der Waals surface area contributed by atoms with Crippen molar-refractivity contribution in [2.24, 2.45) is 0 Å². The van der Waals surface area contributed by atoms with E-state index >= 15 is 0 Å². The molecule has 0 radical (unpaired) electrons. The van der Waals surface area contributed by atoms with Gasteiger partial charge in [-0.25, -0.2) is 0 Å². The number of nitro benzene ring substituents is 1. The molecule has 0 N–H and O–H groups in total. The minimum Gasteiger partial charge on any atom is -0.365 e. The molecule has 1 aromatic heterocycles. The molecule has 0 amide bonds. The van der Waals surface area contributed by atoms with E-state index in [4.69, 9.17) is 4.52 Å². The number of para-hydroxylation sites is 1. The van der Waals surface area contributed by atoms with Gasteiger partial charge in [0.05, 0.1) is 10.8 Å². The molecule has 0 unspecified atom stereocenters. The Morgan fingerprint density at radius 1 is 1.50 bits per heavy atom. The quantitative estimate of drug-likeness (QED) is 0.640. The van der Waals surface area contributed by atoms with Gasteiger partial charge in [-0.2, -0.15) is 9.37 Å². The third kappa shape index (κ3) is 2.63. The number of piperidine rings is 1. The molecule has 2 aromatic rings. The molecule has 7 nitrogen and oxygen atoms in total. The summed E-state index contributed by atoms with van der Waals surface area (Å²) in [5.74, 6) is 0.265. The van der Waals surface area contributed by atoms with Gasteiger partial charge in [0, 0.05) is 13.1 Å². The van der Waals surface area contributed by atoms with Gasteiger partial charge in [0.2, 0.25) is 11.7 Å². The molecular weight excluding hydrogens is 291 g/mol. The van der Waals surface area contributed by atoms with Gasteiger partial charge in [-0.15, -0.1) is 0 Å². The smallest absolute Gasteiger partial charge is 0.327 e. The first-order valence-electron chi connectivity index (χ1n) is 7.04. The van der Waals surface area contributed by atoms with Crippen LogP contribution in [0.5, 0.6) is 0 Å². The minimum atomic E-state index is -0.821. The largest absolute Gasteiger partial charge is 0.365 e. The summed E-state index contributed by atoms with van der Waals surface area (Å²) in [7, 11) is 0. The zero-order valence-electron chi connectivity index (χ0n) is 12.0. The van der Waals surface area contributed by atoms with Crippen molar-refractivity contribution in [1.29, 1.82) is 0 Å². The van der Waals surface area contributed by atoms with Crippen LogP contribution in [-0.2, 0) is 0 Å². The number of aryl methyl sites for hydroxylation is 1. The van der Waals surface area contributed by atoms with Crippen LogP contribution in [-0.4, -0.2) is 28.2 Å². The summed E-state index contributed by atoms with van der Waals surface area (Å²) in [6, 6.07) is 4.16. The Labute approximate surface area is 125 Å². The van der Waals surface area contributed by atoms with E-state index in [2.05, 4.69) is 10.1 Å². The van der Waals surface area contributed by atoms with Crippen molar-refractivity contribution in [2.75, 3.05) is 18.0 Å². The predicted octanol–water partition coefficient (Wildman–Crippen LogP) is 2.81. The Bertz CT molecular complexity index is 703. The highest BCUT2D eigenvalue weighted by molar-refractivity contribution is 5.64. The van der Waals surface area contributed by atoms with Crippen LogP contribution in [0.15, 0.2) is 22.7 Å². The lowest BCUT2D eigenvalue weighted by molar-refractivity contribution is -0.386. The highest BCUT2D eigenvalue weighted by Gasteiger charge is 2.30. The Balaban J connectivity index is 1.89. The van der Waals surface area contributed by atoms with Crippen LogP contribution >= 0.6 is 0 Å². The maximum absolute atomic E-state index is 13.8. The van der Waals surface area contributed by atoms with E-state index < -0.39 is 16.4 Å². The maximum Gasteiger partial charge on any atom is 0.327 e. The van der Waals surface area contributed by atoms with Crippen LogP contribution in [0.3, 0.4) is 0 Å². The number of nitro groups is 1. The highest BCUT2D eigenvalue weighted by Crippen LogP contribution is 2.35. The summed E-state index contributed by atoms with van der Waals surface area (Å²) in [4.78, 5) is 16.5.